The van der Waals surface area contributed by atoms with E-state index in [1.165, 1.54) is 6.20 Å². The molecule has 0 bridgehead atoms. The number of halogens is 5. The minimum atomic E-state index is -3.64. The maximum absolute atomic E-state index is 12.5. The summed E-state index contributed by atoms with van der Waals surface area (Å²) < 4.78 is 20.8. The summed E-state index contributed by atoms with van der Waals surface area (Å²) in [6, 6.07) is 0. The smallest absolute Gasteiger partial charge is 0.293 e. The van der Waals surface area contributed by atoms with Gasteiger partial charge in [0.05, 0.1) is 28.9 Å². The van der Waals surface area contributed by atoms with Crippen LogP contribution in [0.25, 0.3) is 0 Å². The van der Waals surface area contributed by atoms with Gasteiger partial charge >= 0.3 is 7.75 Å². The number of rotatable bonds is 6. The molecule has 0 aliphatic carbocycles. The van der Waals surface area contributed by atoms with E-state index in [1.54, 1.807) is 13.8 Å². The molecule has 0 saturated carbocycles. The molecule has 0 amide bonds. The molecular formula is C10H12Cl5N2O3P. The van der Waals surface area contributed by atoms with Crippen LogP contribution in [0.1, 0.15) is 19.5 Å². The number of hydrogen-bond donors (Lipinski definition) is 1. The Labute approximate surface area is 147 Å². The molecule has 11 heteroatoms. The van der Waals surface area contributed by atoms with Gasteiger partial charge in [0.2, 0.25) is 3.79 Å². The zero-order valence-electron chi connectivity index (χ0n) is 11.0. The normalized spacial score (nSPS) is 12.5. The molecule has 1 aromatic heterocycles. The molecule has 0 spiro atoms. The zero-order chi connectivity index (χ0) is 16.3. The fraction of sp³-hybridized carbons (Fsp3) is 0.500. The number of nitrogens with zero attached hydrogens (tertiary/aromatic N) is 1. The van der Waals surface area contributed by atoms with Crippen LogP contribution in [0.5, 0.6) is 0 Å². The molecule has 0 saturated heterocycles. The molecule has 0 unspecified atom stereocenters. The Hall–Kier alpha value is 0.550. The molecule has 0 aromatic carbocycles. The van der Waals surface area contributed by atoms with E-state index >= 15 is 0 Å². The van der Waals surface area contributed by atoms with Crippen LogP contribution in [-0.2, 0) is 17.4 Å². The molecular weight excluding hydrogens is 404 g/mol. The average Bonchev–Trinajstić information content (AvgIpc) is 2.33. The van der Waals surface area contributed by atoms with Crippen LogP contribution in [0.3, 0.4) is 0 Å². The van der Waals surface area contributed by atoms with Crippen LogP contribution in [-0.4, -0.2) is 18.2 Å². The fourth-order valence-corrected chi connectivity index (χ4v) is 4.02. The standard InChI is InChI=1S/C10H12Cl5N2O3P/c1-3-19-21(18,20-4-2)17-8-6(11)5-16-9(7(8)12)10(13,14)15/h5H,3-4H2,1-2H3,(H,16,17,18). The molecule has 0 aliphatic rings. The van der Waals surface area contributed by atoms with Crippen molar-refractivity contribution in [2.75, 3.05) is 18.3 Å². The predicted molar refractivity (Wildman–Crippen MR) is 88.0 cm³/mol. The van der Waals surface area contributed by atoms with Crippen molar-refractivity contribution in [3.8, 4) is 0 Å². The van der Waals surface area contributed by atoms with Gasteiger partial charge in [0, 0.05) is 6.20 Å². The average molecular weight is 416 g/mol. The highest BCUT2D eigenvalue weighted by Crippen LogP contribution is 2.52. The van der Waals surface area contributed by atoms with E-state index in [2.05, 4.69) is 10.1 Å². The summed E-state index contributed by atoms with van der Waals surface area (Å²) in [5.74, 6) is 0. The van der Waals surface area contributed by atoms with Crippen LogP contribution in [0.2, 0.25) is 10.0 Å². The lowest BCUT2D eigenvalue weighted by Gasteiger charge is -2.21. The molecule has 120 valence electrons. The first-order valence-corrected chi connectivity index (χ1v) is 9.16. The van der Waals surface area contributed by atoms with Crippen molar-refractivity contribution >= 4 is 71.4 Å². The van der Waals surface area contributed by atoms with Gasteiger partial charge in [-0.05, 0) is 13.8 Å². The lowest BCUT2D eigenvalue weighted by Crippen LogP contribution is -2.10. The fourth-order valence-electron chi connectivity index (χ4n) is 1.34. The molecule has 1 N–H and O–H groups in total. The molecule has 5 nitrogen and oxygen atoms in total. The Morgan fingerprint density at radius 3 is 2.19 bits per heavy atom. The highest BCUT2D eigenvalue weighted by molar-refractivity contribution is 7.55. The van der Waals surface area contributed by atoms with Crippen LogP contribution in [0.4, 0.5) is 5.69 Å². The molecule has 1 rings (SSSR count). The third-order valence-electron chi connectivity index (χ3n) is 2.09. The molecule has 0 fully saturated rings. The van der Waals surface area contributed by atoms with Crippen molar-refractivity contribution in [1.29, 1.82) is 0 Å². The number of aromatic nitrogens is 1. The Kier molecular flexibility index (Phi) is 7.36. The minimum absolute atomic E-state index is 0.0550. The lowest BCUT2D eigenvalue weighted by atomic mass is 10.3. The zero-order valence-corrected chi connectivity index (χ0v) is 15.7. The van der Waals surface area contributed by atoms with E-state index in [0.717, 1.165) is 0 Å². The Morgan fingerprint density at radius 1 is 1.24 bits per heavy atom. The van der Waals surface area contributed by atoms with Crippen molar-refractivity contribution in [3.63, 3.8) is 0 Å². The number of nitrogens with one attached hydrogen (secondary N) is 1. The van der Waals surface area contributed by atoms with Crippen LogP contribution in [0, 0.1) is 0 Å². The van der Waals surface area contributed by atoms with E-state index in [9.17, 15) is 4.57 Å². The summed E-state index contributed by atoms with van der Waals surface area (Å²) in [5, 5.41) is 2.54. The molecule has 0 aliphatic heterocycles. The molecule has 0 radical (unpaired) electrons. The van der Waals surface area contributed by atoms with Gasteiger partial charge in [-0.25, -0.2) is 4.57 Å². The lowest BCUT2D eigenvalue weighted by molar-refractivity contribution is 0.225. The third-order valence-corrected chi connectivity index (χ3v) is 4.97. The summed E-state index contributed by atoms with van der Waals surface area (Å²) in [4.78, 5) is 3.86. The van der Waals surface area contributed by atoms with E-state index in [0.29, 0.717) is 0 Å². The first-order chi connectivity index (χ1) is 9.64. The summed E-state index contributed by atoms with van der Waals surface area (Å²) in [7, 11) is -3.64. The topological polar surface area (TPSA) is 60.5 Å². The number of hydrogen-bond acceptors (Lipinski definition) is 4. The van der Waals surface area contributed by atoms with Crippen LogP contribution < -0.4 is 5.09 Å². The van der Waals surface area contributed by atoms with Gasteiger partial charge in [0.25, 0.3) is 0 Å². The minimum Gasteiger partial charge on any atom is -0.293 e. The summed E-state index contributed by atoms with van der Waals surface area (Å²) in [5.41, 5.74) is 0.000468. The van der Waals surface area contributed by atoms with Crippen molar-refractivity contribution < 1.29 is 13.6 Å². The van der Waals surface area contributed by atoms with Gasteiger partial charge in [-0.3, -0.25) is 19.1 Å². The first-order valence-electron chi connectivity index (χ1n) is 5.73. The largest absolute Gasteiger partial charge is 0.432 e. The first kappa shape index (κ1) is 19.6. The highest BCUT2D eigenvalue weighted by Gasteiger charge is 2.33. The van der Waals surface area contributed by atoms with Gasteiger partial charge in [0.15, 0.2) is 0 Å². The van der Waals surface area contributed by atoms with E-state index < -0.39 is 11.5 Å². The second-order valence-electron chi connectivity index (χ2n) is 3.59. The van der Waals surface area contributed by atoms with Gasteiger partial charge in [0.1, 0.15) is 5.69 Å². The van der Waals surface area contributed by atoms with Crippen molar-refractivity contribution in [1.82, 2.24) is 4.98 Å². The number of anilines is 1. The SMILES string of the molecule is CCOP(=O)(Nc1c(Cl)cnc(C(Cl)(Cl)Cl)c1Cl)OCC. The van der Waals surface area contributed by atoms with E-state index in [-0.39, 0.29) is 34.6 Å². The van der Waals surface area contributed by atoms with Gasteiger partial charge in [-0.1, -0.05) is 58.0 Å². The maximum atomic E-state index is 12.5. The Bertz CT molecular complexity index is 542. The monoisotopic (exact) mass is 414 g/mol. The molecule has 21 heavy (non-hydrogen) atoms. The summed E-state index contributed by atoms with van der Waals surface area (Å²) in [6.45, 7) is 3.63. The van der Waals surface area contributed by atoms with Crippen molar-refractivity contribution in [2.45, 2.75) is 17.6 Å². The van der Waals surface area contributed by atoms with Gasteiger partial charge < -0.3 is 0 Å². The van der Waals surface area contributed by atoms with Gasteiger partial charge in [-0.2, -0.15) is 0 Å². The third kappa shape index (κ3) is 5.29. The Balaban J connectivity index is 3.27. The van der Waals surface area contributed by atoms with E-state index in [1.807, 2.05) is 0 Å². The van der Waals surface area contributed by atoms with Crippen LogP contribution in [0.15, 0.2) is 6.20 Å². The second kappa shape index (κ2) is 7.89. The van der Waals surface area contributed by atoms with E-state index in [4.69, 9.17) is 67.1 Å². The highest BCUT2D eigenvalue weighted by atomic mass is 35.6. The van der Waals surface area contributed by atoms with Gasteiger partial charge in [-0.15, -0.1) is 0 Å². The van der Waals surface area contributed by atoms with Crippen molar-refractivity contribution in [3.05, 3.63) is 21.9 Å². The number of alkyl halides is 3. The molecule has 1 aromatic rings. The van der Waals surface area contributed by atoms with Crippen molar-refractivity contribution in [2.24, 2.45) is 0 Å². The number of pyridine rings is 1. The predicted octanol–water partition coefficient (Wildman–Crippen LogP) is 5.81. The summed E-state index contributed by atoms with van der Waals surface area (Å²) in [6.07, 6.45) is 1.22. The summed E-state index contributed by atoms with van der Waals surface area (Å²) >= 11 is 29.4. The Morgan fingerprint density at radius 2 is 1.76 bits per heavy atom. The van der Waals surface area contributed by atoms with Crippen LogP contribution >= 0.6 is 65.8 Å². The maximum Gasteiger partial charge on any atom is 0.432 e. The molecule has 1 heterocycles. The molecule has 0 atom stereocenters. The quantitative estimate of drug-likeness (QED) is 0.469. The second-order valence-corrected chi connectivity index (χ2v) is 8.39.